The smallest absolute Gasteiger partial charge is 0.133 e. The molecule has 1 atom stereocenters. The highest BCUT2D eigenvalue weighted by molar-refractivity contribution is 5.82. The van der Waals surface area contributed by atoms with Crippen molar-refractivity contribution in [3.05, 3.63) is 35.6 Å². The number of halogens is 1. The van der Waals surface area contributed by atoms with Gasteiger partial charge in [0.15, 0.2) is 0 Å². The van der Waals surface area contributed by atoms with Crippen LogP contribution in [0.2, 0.25) is 0 Å². The summed E-state index contributed by atoms with van der Waals surface area (Å²) in [6, 6.07) is 6.60. The quantitative estimate of drug-likeness (QED) is 0.726. The molecular formula is C13H15FO. The van der Waals surface area contributed by atoms with Crippen molar-refractivity contribution in [3.8, 4) is 0 Å². The Labute approximate surface area is 89.3 Å². The Morgan fingerprint density at radius 1 is 1.33 bits per heavy atom. The largest absolute Gasteiger partial charge is 0.300 e. The first-order chi connectivity index (χ1) is 7.16. The molecule has 1 aromatic carbocycles. The van der Waals surface area contributed by atoms with Gasteiger partial charge in [-0.1, -0.05) is 19.1 Å². The molecule has 0 radical (unpaired) electrons. The Morgan fingerprint density at radius 3 is 2.47 bits per heavy atom. The molecule has 0 N–H and O–H groups in total. The average Bonchev–Trinajstić information content (AvgIpc) is 2.62. The maximum Gasteiger partial charge on any atom is 0.133 e. The Morgan fingerprint density at radius 2 is 2.00 bits per heavy atom. The van der Waals surface area contributed by atoms with Crippen LogP contribution in [0, 0.1) is 5.82 Å². The van der Waals surface area contributed by atoms with Gasteiger partial charge >= 0.3 is 0 Å². The SMILES string of the molecule is CC[C@@]1(c2ccc(F)cc2)CCC(=O)C1. The summed E-state index contributed by atoms with van der Waals surface area (Å²) in [4.78, 5) is 11.4. The van der Waals surface area contributed by atoms with Gasteiger partial charge in [0.2, 0.25) is 0 Å². The number of benzene rings is 1. The van der Waals surface area contributed by atoms with Gasteiger partial charge in [-0.3, -0.25) is 4.79 Å². The minimum Gasteiger partial charge on any atom is -0.300 e. The van der Waals surface area contributed by atoms with E-state index >= 15 is 0 Å². The van der Waals surface area contributed by atoms with Crippen molar-refractivity contribution in [1.29, 1.82) is 0 Å². The molecule has 0 saturated heterocycles. The Hall–Kier alpha value is -1.18. The van der Waals surface area contributed by atoms with E-state index in [9.17, 15) is 9.18 Å². The molecule has 1 fully saturated rings. The molecule has 0 aliphatic heterocycles. The third kappa shape index (κ3) is 1.81. The van der Waals surface area contributed by atoms with E-state index in [1.807, 2.05) is 12.1 Å². The van der Waals surface area contributed by atoms with Gasteiger partial charge in [0.25, 0.3) is 0 Å². The maximum atomic E-state index is 12.8. The normalized spacial score (nSPS) is 25.9. The molecule has 2 rings (SSSR count). The number of hydrogen-bond donors (Lipinski definition) is 0. The fourth-order valence-electron chi connectivity index (χ4n) is 2.49. The molecule has 15 heavy (non-hydrogen) atoms. The van der Waals surface area contributed by atoms with E-state index in [-0.39, 0.29) is 11.2 Å². The molecule has 1 aliphatic carbocycles. The second kappa shape index (κ2) is 3.76. The minimum absolute atomic E-state index is 0.0230. The van der Waals surface area contributed by atoms with E-state index in [2.05, 4.69) is 6.92 Å². The van der Waals surface area contributed by atoms with Crippen LogP contribution in [0.15, 0.2) is 24.3 Å². The van der Waals surface area contributed by atoms with Crippen molar-refractivity contribution in [1.82, 2.24) is 0 Å². The van der Waals surface area contributed by atoms with Crippen LogP contribution in [0.4, 0.5) is 4.39 Å². The number of rotatable bonds is 2. The van der Waals surface area contributed by atoms with Gasteiger partial charge in [0.1, 0.15) is 11.6 Å². The van der Waals surface area contributed by atoms with Gasteiger partial charge in [-0.15, -0.1) is 0 Å². The molecule has 0 amide bonds. The average molecular weight is 206 g/mol. The van der Waals surface area contributed by atoms with Gasteiger partial charge in [-0.25, -0.2) is 4.39 Å². The molecule has 1 aliphatic rings. The second-order valence-electron chi connectivity index (χ2n) is 4.36. The zero-order valence-corrected chi connectivity index (χ0v) is 8.92. The zero-order chi connectivity index (χ0) is 10.9. The van der Waals surface area contributed by atoms with Crippen LogP contribution >= 0.6 is 0 Å². The fourth-order valence-corrected chi connectivity index (χ4v) is 2.49. The Balaban J connectivity index is 2.34. The topological polar surface area (TPSA) is 17.1 Å². The van der Waals surface area contributed by atoms with Gasteiger partial charge in [0.05, 0.1) is 0 Å². The van der Waals surface area contributed by atoms with Crippen LogP contribution in [0.5, 0.6) is 0 Å². The second-order valence-corrected chi connectivity index (χ2v) is 4.36. The molecule has 80 valence electrons. The molecular weight excluding hydrogens is 191 g/mol. The summed E-state index contributed by atoms with van der Waals surface area (Å²) in [6.45, 7) is 2.10. The lowest BCUT2D eigenvalue weighted by Crippen LogP contribution is -2.21. The highest BCUT2D eigenvalue weighted by Crippen LogP contribution is 2.41. The van der Waals surface area contributed by atoms with Crippen LogP contribution in [0.1, 0.15) is 38.2 Å². The van der Waals surface area contributed by atoms with Crippen molar-refractivity contribution in [2.24, 2.45) is 0 Å². The van der Waals surface area contributed by atoms with Crippen molar-refractivity contribution in [3.63, 3.8) is 0 Å². The maximum absolute atomic E-state index is 12.8. The van der Waals surface area contributed by atoms with Crippen LogP contribution in [0.3, 0.4) is 0 Å². The molecule has 2 heteroatoms. The molecule has 0 spiro atoms. The van der Waals surface area contributed by atoms with Crippen LogP contribution in [0.25, 0.3) is 0 Å². The summed E-state index contributed by atoms with van der Waals surface area (Å²) in [5, 5.41) is 0. The van der Waals surface area contributed by atoms with Gasteiger partial charge in [0, 0.05) is 18.3 Å². The van der Waals surface area contributed by atoms with E-state index in [0.29, 0.717) is 18.6 Å². The first kappa shape index (κ1) is 10.3. The summed E-state index contributed by atoms with van der Waals surface area (Å²) in [7, 11) is 0. The minimum atomic E-state index is -0.214. The predicted molar refractivity (Wildman–Crippen MR) is 57.2 cm³/mol. The van der Waals surface area contributed by atoms with E-state index in [0.717, 1.165) is 18.4 Å². The van der Waals surface area contributed by atoms with Gasteiger partial charge < -0.3 is 0 Å². The van der Waals surface area contributed by atoms with Crippen molar-refractivity contribution in [2.45, 2.75) is 38.0 Å². The highest BCUT2D eigenvalue weighted by atomic mass is 19.1. The molecule has 1 nitrogen and oxygen atoms in total. The molecule has 0 aromatic heterocycles. The first-order valence-corrected chi connectivity index (χ1v) is 5.44. The standard InChI is InChI=1S/C13H15FO/c1-2-13(8-7-12(15)9-13)10-3-5-11(14)6-4-10/h3-6H,2,7-9H2,1H3/t13-/m1/s1. The van der Waals surface area contributed by atoms with E-state index in [1.165, 1.54) is 12.1 Å². The molecule has 1 aromatic rings. The summed E-state index contributed by atoms with van der Waals surface area (Å²) >= 11 is 0. The van der Waals surface area contributed by atoms with E-state index in [1.54, 1.807) is 0 Å². The lowest BCUT2D eigenvalue weighted by molar-refractivity contribution is -0.117. The van der Waals surface area contributed by atoms with Crippen molar-refractivity contribution >= 4 is 5.78 Å². The summed E-state index contributed by atoms with van der Waals surface area (Å²) in [5.74, 6) is 0.121. The number of carbonyl (C=O) groups excluding carboxylic acids is 1. The lowest BCUT2D eigenvalue weighted by atomic mass is 9.77. The molecule has 0 unspecified atom stereocenters. The summed E-state index contributed by atoms with van der Waals surface area (Å²) in [6.07, 6.45) is 3.15. The number of carbonyl (C=O) groups is 1. The Bertz CT molecular complexity index is 369. The van der Waals surface area contributed by atoms with Crippen molar-refractivity contribution < 1.29 is 9.18 Å². The number of ketones is 1. The summed E-state index contributed by atoms with van der Waals surface area (Å²) < 4.78 is 12.8. The van der Waals surface area contributed by atoms with Crippen molar-refractivity contribution in [2.75, 3.05) is 0 Å². The van der Waals surface area contributed by atoms with Crippen LogP contribution in [-0.4, -0.2) is 5.78 Å². The molecule has 1 saturated carbocycles. The monoisotopic (exact) mass is 206 g/mol. The molecule has 0 bridgehead atoms. The van der Waals surface area contributed by atoms with Gasteiger partial charge in [-0.05, 0) is 30.5 Å². The highest BCUT2D eigenvalue weighted by Gasteiger charge is 2.38. The number of Topliss-reactive ketones (excluding diaryl/α,β-unsaturated/α-hetero) is 1. The van der Waals surface area contributed by atoms with Gasteiger partial charge in [-0.2, -0.15) is 0 Å². The predicted octanol–water partition coefficient (Wildman–Crippen LogP) is 3.23. The summed E-state index contributed by atoms with van der Waals surface area (Å²) in [5.41, 5.74) is 1.09. The van der Waals surface area contributed by atoms with Crippen LogP contribution < -0.4 is 0 Å². The van der Waals surface area contributed by atoms with E-state index < -0.39 is 0 Å². The molecule has 0 heterocycles. The zero-order valence-electron chi connectivity index (χ0n) is 8.92. The third-order valence-corrected chi connectivity index (χ3v) is 3.55. The third-order valence-electron chi connectivity index (χ3n) is 3.55. The van der Waals surface area contributed by atoms with E-state index in [4.69, 9.17) is 0 Å². The lowest BCUT2D eigenvalue weighted by Gasteiger charge is -2.27. The first-order valence-electron chi connectivity index (χ1n) is 5.44. The Kier molecular flexibility index (Phi) is 2.59. The van der Waals surface area contributed by atoms with Crippen LogP contribution in [-0.2, 0) is 10.2 Å². The number of hydrogen-bond acceptors (Lipinski definition) is 1. The fraction of sp³-hybridized carbons (Fsp3) is 0.462.